The first kappa shape index (κ1) is 19.1. The number of carbonyl (C=O) groups excluding carboxylic acids is 1. The molecule has 0 aliphatic heterocycles. The maximum atomic E-state index is 12.7. The highest BCUT2D eigenvalue weighted by Crippen LogP contribution is 2.25. The molecule has 0 spiro atoms. The molecule has 0 unspecified atom stereocenters. The topological polar surface area (TPSA) is 142 Å². The maximum Gasteiger partial charge on any atom is 0.274 e. The molecule has 3 rings (SSSR count). The summed E-state index contributed by atoms with van der Waals surface area (Å²) in [6, 6.07) is 6.73. The zero-order chi connectivity index (χ0) is 20.4. The van der Waals surface area contributed by atoms with Crippen LogP contribution >= 0.6 is 11.6 Å². The molecule has 2 aromatic heterocycles. The van der Waals surface area contributed by atoms with Gasteiger partial charge in [-0.1, -0.05) is 11.6 Å². The number of hydrogen-bond donors (Lipinski definition) is 3. The summed E-state index contributed by atoms with van der Waals surface area (Å²) in [6.07, 6.45) is 2.62. The standard InChI is InChI=1S/C19H15ClN6O2/c1-9-10(2)17(26-18(20)13(9)6-21)19(27)25-11-3-4-14(22)12(5-11)16(23)15-7-24-8-28-15/h3-5,7-8,23H,22H2,1-2H3,(H,25,27). The molecule has 4 N–H and O–H groups in total. The lowest BCUT2D eigenvalue weighted by Crippen LogP contribution is -2.17. The molecule has 0 aliphatic carbocycles. The van der Waals surface area contributed by atoms with Crippen LogP contribution in [0.25, 0.3) is 0 Å². The van der Waals surface area contributed by atoms with Gasteiger partial charge in [-0.25, -0.2) is 9.97 Å². The molecule has 0 aliphatic rings. The Hall–Kier alpha value is -3.70. The fourth-order valence-corrected chi connectivity index (χ4v) is 2.89. The van der Waals surface area contributed by atoms with Gasteiger partial charge in [0, 0.05) is 16.9 Å². The van der Waals surface area contributed by atoms with E-state index in [0.29, 0.717) is 28.1 Å². The van der Waals surface area contributed by atoms with Crippen molar-refractivity contribution in [2.45, 2.75) is 13.8 Å². The Morgan fingerprint density at radius 1 is 1.36 bits per heavy atom. The van der Waals surface area contributed by atoms with Gasteiger partial charge in [-0.15, -0.1) is 0 Å². The van der Waals surface area contributed by atoms with Gasteiger partial charge in [0.2, 0.25) is 0 Å². The van der Waals surface area contributed by atoms with Crippen molar-refractivity contribution in [1.29, 1.82) is 10.7 Å². The second kappa shape index (κ2) is 7.50. The number of pyridine rings is 1. The minimum Gasteiger partial charge on any atom is -0.442 e. The van der Waals surface area contributed by atoms with E-state index in [1.165, 1.54) is 12.6 Å². The largest absolute Gasteiger partial charge is 0.442 e. The number of benzene rings is 1. The minimum atomic E-state index is -0.492. The molecule has 1 aromatic carbocycles. The van der Waals surface area contributed by atoms with Crippen LogP contribution in [0.1, 0.15) is 38.5 Å². The molecule has 8 nitrogen and oxygen atoms in total. The molecule has 0 fully saturated rings. The third-order valence-electron chi connectivity index (χ3n) is 4.30. The summed E-state index contributed by atoms with van der Waals surface area (Å²) in [4.78, 5) is 20.5. The summed E-state index contributed by atoms with van der Waals surface area (Å²) >= 11 is 6.02. The first-order valence-corrected chi connectivity index (χ1v) is 8.46. The van der Waals surface area contributed by atoms with Gasteiger partial charge in [0.05, 0.1) is 11.8 Å². The molecule has 3 aromatic rings. The second-order valence-electron chi connectivity index (χ2n) is 5.98. The van der Waals surface area contributed by atoms with Crippen molar-refractivity contribution < 1.29 is 9.21 Å². The predicted molar refractivity (Wildman–Crippen MR) is 105 cm³/mol. The van der Waals surface area contributed by atoms with Crippen LogP contribution in [-0.2, 0) is 0 Å². The van der Waals surface area contributed by atoms with Crippen LogP contribution in [0.2, 0.25) is 5.15 Å². The van der Waals surface area contributed by atoms with Gasteiger partial charge in [-0.2, -0.15) is 5.26 Å². The lowest BCUT2D eigenvalue weighted by molar-refractivity contribution is 0.102. The maximum absolute atomic E-state index is 12.7. The average Bonchev–Trinajstić information content (AvgIpc) is 3.20. The van der Waals surface area contributed by atoms with Crippen molar-refractivity contribution in [2.75, 3.05) is 11.1 Å². The number of hydrogen-bond acceptors (Lipinski definition) is 7. The molecule has 140 valence electrons. The Labute approximate surface area is 165 Å². The van der Waals surface area contributed by atoms with E-state index in [0.717, 1.165) is 0 Å². The molecule has 0 saturated carbocycles. The van der Waals surface area contributed by atoms with E-state index < -0.39 is 5.91 Å². The van der Waals surface area contributed by atoms with Crippen molar-refractivity contribution in [3.05, 3.63) is 69.7 Å². The number of nitrogens with two attached hydrogens (primary N) is 1. The first-order chi connectivity index (χ1) is 13.3. The lowest BCUT2D eigenvalue weighted by Gasteiger charge is -2.13. The van der Waals surface area contributed by atoms with Gasteiger partial charge in [-0.3, -0.25) is 10.2 Å². The number of anilines is 2. The van der Waals surface area contributed by atoms with Crippen LogP contribution in [-0.4, -0.2) is 21.6 Å². The highest BCUT2D eigenvalue weighted by molar-refractivity contribution is 6.31. The van der Waals surface area contributed by atoms with Crippen LogP contribution in [0.5, 0.6) is 0 Å². The molecule has 28 heavy (non-hydrogen) atoms. The predicted octanol–water partition coefficient (Wildman–Crippen LogP) is 3.46. The summed E-state index contributed by atoms with van der Waals surface area (Å²) in [5, 5.41) is 20.1. The summed E-state index contributed by atoms with van der Waals surface area (Å²) in [5.41, 5.74) is 8.66. The number of rotatable bonds is 4. The number of amides is 1. The van der Waals surface area contributed by atoms with Gasteiger partial charge in [-0.05, 0) is 43.2 Å². The summed E-state index contributed by atoms with van der Waals surface area (Å²) in [6.45, 7) is 3.40. The average molecular weight is 395 g/mol. The van der Waals surface area contributed by atoms with Crippen molar-refractivity contribution in [3.63, 3.8) is 0 Å². The van der Waals surface area contributed by atoms with E-state index in [-0.39, 0.29) is 27.9 Å². The van der Waals surface area contributed by atoms with Crippen molar-refractivity contribution in [2.24, 2.45) is 0 Å². The Morgan fingerprint density at radius 3 is 2.75 bits per heavy atom. The molecule has 1 amide bonds. The molecule has 2 heterocycles. The van der Waals surface area contributed by atoms with Crippen LogP contribution in [0.4, 0.5) is 11.4 Å². The molecule has 0 atom stereocenters. The molecular formula is C19H15ClN6O2. The van der Waals surface area contributed by atoms with Crippen LogP contribution in [0.3, 0.4) is 0 Å². The third kappa shape index (κ3) is 3.43. The fraction of sp³-hybridized carbons (Fsp3) is 0.105. The third-order valence-corrected chi connectivity index (χ3v) is 4.57. The van der Waals surface area contributed by atoms with E-state index >= 15 is 0 Å². The Morgan fingerprint density at radius 2 is 2.11 bits per heavy atom. The summed E-state index contributed by atoms with van der Waals surface area (Å²) in [7, 11) is 0. The van der Waals surface area contributed by atoms with Crippen LogP contribution in [0, 0.1) is 30.6 Å². The Kier molecular flexibility index (Phi) is 5.11. The van der Waals surface area contributed by atoms with Crippen molar-refractivity contribution in [1.82, 2.24) is 9.97 Å². The minimum absolute atomic E-state index is 0.0270. The SMILES string of the molecule is Cc1c(C(=O)Nc2ccc(N)c(C(=N)c3cnco3)c2)nc(Cl)c(C#N)c1C. The van der Waals surface area contributed by atoms with Crippen molar-refractivity contribution >= 4 is 34.6 Å². The van der Waals surface area contributed by atoms with Crippen LogP contribution in [0.15, 0.2) is 35.2 Å². The molecule has 0 radical (unpaired) electrons. The van der Waals surface area contributed by atoms with E-state index in [1.54, 1.807) is 32.0 Å². The second-order valence-corrected chi connectivity index (χ2v) is 6.34. The Bertz CT molecular complexity index is 1130. The number of nitrogen functional groups attached to an aromatic ring is 1. The van der Waals surface area contributed by atoms with E-state index in [9.17, 15) is 4.79 Å². The first-order valence-electron chi connectivity index (χ1n) is 8.09. The van der Waals surface area contributed by atoms with E-state index in [1.807, 2.05) is 6.07 Å². The van der Waals surface area contributed by atoms with Gasteiger partial charge in [0.25, 0.3) is 5.91 Å². The number of halogens is 1. The fourth-order valence-electron chi connectivity index (χ4n) is 2.62. The highest BCUT2D eigenvalue weighted by atomic mass is 35.5. The number of aromatic nitrogens is 2. The monoisotopic (exact) mass is 394 g/mol. The van der Waals surface area contributed by atoms with Crippen molar-refractivity contribution in [3.8, 4) is 6.07 Å². The number of nitriles is 1. The Balaban J connectivity index is 1.93. The smallest absolute Gasteiger partial charge is 0.274 e. The number of carbonyl (C=O) groups is 1. The van der Waals surface area contributed by atoms with Gasteiger partial charge in [0.15, 0.2) is 12.2 Å². The number of oxazole rings is 1. The van der Waals surface area contributed by atoms with Gasteiger partial charge in [0.1, 0.15) is 22.6 Å². The lowest BCUT2D eigenvalue weighted by atomic mass is 10.0. The molecule has 9 heteroatoms. The summed E-state index contributed by atoms with van der Waals surface area (Å²) in [5.74, 6) is -0.240. The number of nitrogens with zero attached hydrogens (tertiary/aromatic N) is 3. The van der Waals surface area contributed by atoms with Crippen LogP contribution < -0.4 is 11.1 Å². The van der Waals surface area contributed by atoms with Gasteiger partial charge >= 0.3 is 0 Å². The summed E-state index contributed by atoms with van der Waals surface area (Å²) < 4.78 is 5.13. The van der Waals surface area contributed by atoms with Gasteiger partial charge < -0.3 is 15.5 Å². The molecule has 0 bridgehead atoms. The highest BCUT2D eigenvalue weighted by Gasteiger charge is 2.19. The quantitative estimate of drug-likeness (QED) is 0.351. The van der Waals surface area contributed by atoms with E-state index in [4.69, 9.17) is 32.4 Å². The zero-order valence-corrected chi connectivity index (χ0v) is 15.8. The van der Waals surface area contributed by atoms with E-state index in [2.05, 4.69) is 15.3 Å². The number of nitrogens with one attached hydrogen (secondary N) is 2. The normalized spacial score (nSPS) is 10.4. The molecular weight excluding hydrogens is 380 g/mol. The zero-order valence-electron chi connectivity index (χ0n) is 15.0. The molecule has 0 saturated heterocycles.